The zero-order chi connectivity index (χ0) is 17.7. The monoisotopic (exact) mass is 359 g/mol. The standard InChI is InChI=1S/C12H29N3O5S2/c1-7-13(8-2)21(17,18)11(5)15(16)12(6)22(19,20)14(9-3)10-4/h11-12,16H,7-10H2,1-6H3. The number of hydrogen-bond donors (Lipinski definition) is 1. The lowest BCUT2D eigenvalue weighted by Crippen LogP contribution is -2.53. The first-order valence-electron chi connectivity index (χ1n) is 7.47. The minimum atomic E-state index is -3.82. The molecular weight excluding hydrogens is 330 g/mol. The highest BCUT2D eigenvalue weighted by atomic mass is 32.2. The highest BCUT2D eigenvalue weighted by Gasteiger charge is 2.39. The van der Waals surface area contributed by atoms with E-state index in [-0.39, 0.29) is 26.2 Å². The third-order valence-electron chi connectivity index (χ3n) is 3.74. The second-order valence-electron chi connectivity index (χ2n) is 4.84. The Morgan fingerprint density at radius 3 is 1.14 bits per heavy atom. The van der Waals surface area contributed by atoms with Crippen molar-refractivity contribution >= 4 is 20.0 Å². The van der Waals surface area contributed by atoms with E-state index in [1.54, 1.807) is 27.7 Å². The molecule has 0 radical (unpaired) electrons. The van der Waals surface area contributed by atoms with Gasteiger partial charge in [0.2, 0.25) is 20.0 Å². The Hall–Kier alpha value is -0.260. The van der Waals surface area contributed by atoms with Crippen LogP contribution in [0.2, 0.25) is 0 Å². The first-order valence-corrected chi connectivity index (χ1v) is 10.5. The zero-order valence-corrected chi connectivity index (χ0v) is 15.9. The van der Waals surface area contributed by atoms with E-state index in [9.17, 15) is 22.0 Å². The van der Waals surface area contributed by atoms with Crippen molar-refractivity contribution in [2.24, 2.45) is 0 Å². The van der Waals surface area contributed by atoms with Crippen molar-refractivity contribution < 1.29 is 22.0 Å². The first kappa shape index (κ1) is 21.7. The molecule has 0 amide bonds. The summed E-state index contributed by atoms with van der Waals surface area (Å²) in [5.41, 5.74) is 0. The van der Waals surface area contributed by atoms with Crippen LogP contribution in [0, 0.1) is 0 Å². The molecule has 0 aliphatic heterocycles. The van der Waals surface area contributed by atoms with Gasteiger partial charge in [0.1, 0.15) is 10.7 Å². The SMILES string of the molecule is CCN(CC)S(=O)(=O)C(C)N(O)C(C)S(=O)(=O)N(CC)CC. The molecule has 0 aliphatic rings. The predicted octanol–water partition coefficient (Wildman–Crippen LogP) is 0.713. The summed E-state index contributed by atoms with van der Waals surface area (Å²) in [4.78, 5) is 0. The van der Waals surface area contributed by atoms with Crippen molar-refractivity contribution in [1.82, 2.24) is 13.7 Å². The Morgan fingerprint density at radius 2 is 0.955 bits per heavy atom. The Bertz CT molecular complexity index is 479. The smallest absolute Gasteiger partial charge is 0.232 e. The van der Waals surface area contributed by atoms with Crippen LogP contribution in [0.4, 0.5) is 0 Å². The second kappa shape index (κ2) is 8.55. The van der Waals surface area contributed by atoms with Crippen molar-refractivity contribution in [2.45, 2.75) is 52.3 Å². The van der Waals surface area contributed by atoms with E-state index < -0.39 is 30.8 Å². The summed E-state index contributed by atoms with van der Waals surface area (Å²) in [6.45, 7) is 10.3. The molecule has 8 nitrogen and oxygen atoms in total. The molecule has 0 aromatic carbocycles. The largest absolute Gasteiger partial charge is 0.311 e. The van der Waals surface area contributed by atoms with Gasteiger partial charge in [-0.15, -0.1) is 0 Å². The van der Waals surface area contributed by atoms with E-state index >= 15 is 0 Å². The molecule has 2 atom stereocenters. The summed E-state index contributed by atoms with van der Waals surface area (Å²) >= 11 is 0. The van der Waals surface area contributed by atoms with Crippen LogP contribution in [0.5, 0.6) is 0 Å². The molecule has 1 N–H and O–H groups in total. The van der Waals surface area contributed by atoms with E-state index in [1.165, 1.54) is 22.5 Å². The summed E-state index contributed by atoms with van der Waals surface area (Å²) in [5, 5.41) is 7.86. The van der Waals surface area contributed by atoms with Gasteiger partial charge in [-0.1, -0.05) is 27.7 Å². The zero-order valence-electron chi connectivity index (χ0n) is 14.2. The van der Waals surface area contributed by atoms with Gasteiger partial charge in [-0.3, -0.25) is 0 Å². The molecule has 134 valence electrons. The molecule has 0 heterocycles. The van der Waals surface area contributed by atoms with Gasteiger partial charge in [-0.05, 0) is 13.8 Å². The number of hydroxylamine groups is 2. The van der Waals surface area contributed by atoms with E-state index in [0.29, 0.717) is 5.06 Å². The lowest BCUT2D eigenvalue weighted by Gasteiger charge is -2.33. The molecular formula is C12H29N3O5S2. The third-order valence-corrected chi connectivity index (χ3v) is 8.37. The highest BCUT2D eigenvalue weighted by Crippen LogP contribution is 2.19. The molecule has 0 saturated carbocycles. The van der Waals surface area contributed by atoms with E-state index in [1.807, 2.05) is 0 Å². The quantitative estimate of drug-likeness (QED) is 0.577. The Kier molecular flexibility index (Phi) is 8.45. The molecule has 0 aromatic heterocycles. The molecule has 0 rings (SSSR count). The molecule has 22 heavy (non-hydrogen) atoms. The lowest BCUT2D eigenvalue weighted by molar-refractivity contribution is -0.109. The molecule has 0 aliphatic carbocycles. The topological polar surface area (TPSA) is 98.2 Å². The molecule has 0 fully saturated rings. The number of sulfonamides is 2. The Morgan fingerprint density at radius 1 is 0.727 bits per heavy atom. The van der Waals surface area contributed by atoms with Crippen LogP contribution in [0.1, 0.15) is 41.5 Å². The summed E-state index contributed by atoms with van der Waals surface area (Å²) in [5.74, 6) is 0. The minimum Gasteiger partial charge on any atom is -0.311 e. The van der Waals surface area contributed by atoms with Gasteiger partial charge >= 0.3 is 0 Å². The van der Waals surface area contributed by atoms with Crippen LogP contribution in [-0.2, 0) is 20.0 Å². The fraction of sp³-hybridized carbons (Fsp3) is 1.00. The van der Waals surface area contributed by atoms with Crippen LogP contribution in [0.25, 0.3) is 0 Å². The fourth-order valence-corrected chi connectivity index (χ4v) is 5.46. The predicted molar refractivity (Wildman–Crippen MR) is 86.2 cm³/mol. The van der Waals surface area contributed by atoms with E-state index in [2.05, 4.69) is 0 Å². The molecule has 0 bridgehead atoms. The first-order chi connectivity index (χ1) is 10.0. The average molecular weight is 360 g/mol. The van der Waals surface area contributed by atoms with Crippen LogP contribution in [0.15, 0.2) is 0 Å². The molecule has 0 spiro atoms. The molecule has 10 heteroatoms. The maximum atomic E-state index is 12.4. The summed E-state index contributed by atoms with van der Waals surface area (Å²) in [7, 11) is -7.64. The maximum Gasteiger partial charge on any atom is 0.232 e. The number of hydrogen-bond acceptors (Lipinski definition) is 6. The Labute approximate surface area is 134 Å². The van der Waals surface area contributed by atoms with Crippen molar-refractivity contribution in [3.8, 4) is 0 Å². The van der Waals surface area contributed by atoms with Crippen LogP contribution in [-0.4, -0.2) is 72.6 Å². The maximum absolute atomic E-state index is 12.4. The summed E-state index contributed by atoms with van der Waals surface area (Å²) in [6, 6.07) is 0. The molecule has 0 aromatic rings. The summed E-state index contributed by atoms with van der Waals surface area (Å²) in [6.07, 6.45) is 0. The minimum absolute atomic E-state index is 0.258. The van der Waals surface area contributed by atoms with Crippen molar-refractivity contribution in [1.29, 1.82) is 0 Å². The number of rotatable bonds is 10. The van der Waals surface area contributed by atoms with Gasteiger partial charge in [-0.25, -0.2) is 25.4 Å². The van der Waals surface area contributed by atoms with Gasteiger partial charge in [-0.2, -0.15) is 5.06 Å². The van der Waals surface area contributed by atoms with Gasteiger partial charge in [0.05, 0.1) is 0 Å². The molecule has 0 saturated heterocycles. The highest BCUT2D eigenvalue weighted by molar-refractivity contribution is 7.90. The third kappa shape index (κ3) is 4.39. The Balaban J connectivity index is 5.46. The second-order valence-corrected chi connectivity index (χ2v) is 9.29. The fourth-order valence-electron chi connectivity index (χ4n) is 2.17. The van der Waals surface area contributed by atoms with Crippen LogP contribution in [0.3, 0.4) is 0 Å². The summed E-state index contributed by atoms with van der Waals surface area (Å²) < 4.78 is 51.9. The number of nitrogens with zero attached hydrogens (tertiary/aromatic N) is 3. The van der Waals surface area contributed by atoms with Crippen molar-refractivity contribution in [3.05, 3.63) is 0 Å². The lowest BCUT2D eigenvalue weighted by atomic mass is 10.6. The normalized spacial score (nSPS) is 16.5. The van der Waals surface area contributed by atoms with Crippen molar-refractivity contribution in [3.63, 3.8) is 0 Å². The average Bonchev–Trinajstić information content (AvgIpc) is 2.46. The van der Waals surface area contributed by atoms with Gasteiger partial charge in [0.25, 0.3) is 0 Å². The van der Waals surface area contributed by atoms with E-state index in [0.717, 1.165) is 0 Å². The van der Waals surface area contributed by atoms with Gasteiger partial charge in [0.15, 0.2) is 0 Å². The van der Waals surface area contributed by atoms with Crippen LogP contribution < -0.4 is 0 Å². The molecule has 2 unspecified atom stereocenters. The van der Waals surface area contributed by atoms with Crippen LogP contribution >= 0.6 is 0 Å². The van der Waals surface area contributed by atoms with Gasteiger partial charge in [0, 0.05) is 26.2 Å². The van der Waals surface area contributed by atoms with E-state index in [4.69, 9.17) is 0 Å². The van der Waals surface area contributed by atoms with Crippen molar-refractivity contribution in [2.75, 3.05) is 26.2 Å². The van der Waals surface area contributed by atoms with Gasteiger partial charge < -0.3 is 5.21 Å².